The minimum Gasteiger partial charge on any atom is -0.353 e. The van der Waals surface area contributed by atoms with Gasteiger partial charge in [0.25, 0.3) is 0 Å². The van der Waals surface area contributed by atoms with Crippen molar-refractivity contribution < 1.29 is 0 Å². The minimum atomic E-state index is 0.685. The molecule has 0 fully saturated rings. The largest absolute Gasteiger partial charge is 0.353 e. The Kier molecular flexibility index (Phi) is 9.15. The van der Waals surface area contributed by atoms with E-state index >= 15 is 0 Å². The standard InChI is InChI=1S/C28H14N2/c1-3-5-6-7-8-9-10-11-12-13-14-15-16-17-22-29-23-24-30(26-29)25-28-20-18-27(4-2)19-21-28/h1,4,18-21,23-24H,2,25-26H2. The number of rotatable bonds is 3. The maximum Gasteiger partial charge on any atom is 0.102 e. The maximum absolute atomic E-state index is 4.94. The summed E-state index contributed by atoms with van der Waals surface area (Å²) in [5, 5.41) is 0. The smallest absolute Gasteiger partial charge is 0.102 e. The van der Waals surface area contributed by atoms with Gasteiger partial charge in [0.05, 0.1) is 0 Å². The molecule has 30 heavy (non-hydrogen) atoms. The predicted molar refractivity (Wildman–Crippen MR) is 121 cm³/mol. The molecular weight excluding hydrogens is 364 g/mol. The van der Waals surface area contributed by atoms with Crippen LogP contribution in [0.15, 0.2) is 43.2 Å². The van der Waals surface area contributed by atoms with Crippen molar-refractivity contribution in [2.45, 2.75) is 6.54 Å². The summed E-state index contributed by atoms with van der Waals surface area (Å²) in [6.45, 7) is 5.26. The van der Waals surface area contributed by atoms with E-state index in [0.29, 0.717) is 6.67 Å². The van der Waals surface area contributed by atoms with Crippen LogP contribution < -0.4 is 0 Å². The summed E-state index contributed by atoms with van der Waals surface area (Å²) in [7, 11) is 0. The summed E-state index contributed by atoms with van der Waals surface area (Å²) >= 11 is 0. The zero-order valence-electron chi connectivity index (χ0n) is 16.1. The Morgan fingerprint density at radius 3 is 1.83 bits per heavy atom. The van der Waals surface area contributed by atoms with Crippen molar-refractivity contribution >= 4 is 6.08 Å². The molecule has 0 saturated carbocycles. The van der Waals surface area contributed by atoms with E-state index < -0.39 is 0 Å². The van der Waals surface area contributed by atoms with Crippen molar-refractivity contribution in [3.8, 4) is 95.4 Å². The van der Waals surface area contributed by atoms with Gasteiger partial charge >= 0.3 is 0 Å². The summed E-state index contributed by atoms with van der Waals surface area (Å²) < 4.78 is 0. The Balaban J connectivity index is 1.76. The van der Waals surface area contributed by atoms with Gasteiger partial charge < -0.3 is 4.90 Å². The summed E-state index contributed by atoms with van der Waals surface area (Å²) in [6.07, 6.45) is 10.7. The van der Waals surface area contributed by atoms with Crippen molar-refractivity contribution in [1.29, 1.82) is 0 Å². The predicted octanol–water partition coefficient (Wildman–Crippen LogP) is 2.49. The Morgan fingerprint density at radius 2 is 1.30 bits per heavy atom. The van der Waals surface area contributed by atoms with Crippen LogP contribution >= 0.6 is 0 Å². The molecule has 0 aromatic heterocycles. The number of hydrogen-bond acceptors (Lipinski definition) is 2. The first-order chi connectivity index (χ1) is 14.8. The van der Waals surface area contributed by atoms with Gasteiger partial charge in [-0.25, -0.2) is 0 Å². The summed E-state index contributed by atoms with van der Waals surface area (Å²) in [4.78, 5) is 4.03. The van der Waals surface area contributed by atoms with Gasteiger partial charge in [0.1, 0.15) is 6.67 Å². The second-order valence-corrected chi connectivity index (χ2v) is 5.48. The molecule has 0 aliphatic carbocycles. The van der Waals surface area contributed by atoms with E-state index in [4.69, 9.17) is 6.42 Å². The fourth-order valence-electron chi connectivity index (χ4n) is 2.11. The fourth-order valence-corrected chi connectivity index (χ4v) is 2.11. The zero-order chi connectivity index (χ0) is 21.3. The molecule has 0 bridgehead atoms. The quantitative estimate of drug-likeness (QED) is 0.746. The number of terminal acetylenes is 1. The first-order valence-corrected chi connectivity index (χ1v) is 8.68. The molecule has 0 atom stereocenters. The number of benzene rings is 1. The van der Waals surface area contributed by atoms with Crippen LogP contribution in [0.2, 0.25) is 0 Å². The van der Waals surface area contributed by atoms with E-state index in [2.05, 4.69) is 125 Å². The molecule has 0 N–H and O–H groups in total. The molecule has 2 rings (SSSR count). The third-order valence-electron chi connectivity index (χ3n) is 3.41. The Labute approximate surface area is 179 Å². The van der Waals surface area contributed by atoms with Crippen LogP contribution in [0.25, 0.3) is 6.08 Å². The molecule has 0 spiro atoms. The molecule has 1 aromatic rings. The highest BCUT2D eigenvalue weighted by atomic mass is 15.3. The molecular formula is C28H14N2. The lowest BCUT2D eigenvalue weighted by Gasteiger charge is -2.17. The van der Waals surface area contributed by atoms with Gasteiger partial charge in [-0.3, -0.25) is 4.90 Å². The van der Waals surface area contributed by atoms with Crippen molar-refractivity contribution in [3.63, 3.8) is 0 Å². The molecule has 136 valence electrons. The van der Waals surface area contributed by atoms with Crippen LogP contribution in [0.5, 0.6) is 0 Å². The average Bonchev–Trinajstić information content (AvgIpc) is 3.21. The monoisotopic (exact) mass is 378 g/mol. The van der Waals surface area contributed by atoms with Crippen LogP contribution in [-0.4, -0.2) is 16.5 Å². The van der Waals surface area contributed by atoms with Crippen LogP contribution in [-0.2, 0) is 6.54 Å². The van der Waals surface area contributed by atoms with E-state index in [1.54, 1.807) is 0 Å². The van der Waals surface area contributed by atoms with Crippen molar-refractivity contribution in [2.24, 2.45) is 0 Å². The van der Waals surface area contributed by atoms with Crippen molar-refractivity contribution in [1.82, 2.24) is 9.80 Å². The molecule has 0 unspecified atom stereocenters. The average molecular weight is 378 g/mol. The molecule has 2 nitrogen and oxygen atoms in total. The fraction of sp³-hybridized carbons (Fsp3) is 0.0714. The highest BCUT2D eigenvalue weighted by molar-refractivity contribution is 5.47. The van der Waals surface area contributed by atoms with Crippen LogP contribution in [0.1, 0.15) is 11.1 Å². The molecule has 0 amide bonds. The summed E-state index contributed by atoms with van der Waals surface area (Å²) in [5.41, 5.74) is 2.34. The molecule has 1 aliphatic rings. The van der Waals surface area contributed by atoms with E-state index in [0.717, 1.165) is 12.1 Å². The van der Waals surface area contributed by atoms with Gasteiger partial charge in [0.15, 0.2) is 0 Å². The van der Waals surface area contributed by atoms with Gasteiger partial charge in [0.2, 0.25) is 0 Å². The third-order valence-corrected chi connectivity index (χ3v) is 3.41. The van der Waals surface area contributed by atoms with Gasteiger partial charge in [-0.1, -0.05) is 36.9 Å². The van der Waals surface area contributed by atoms with Crippen LogP contribution in [0.4, 0.5) is 0 Å². The molecule has 1 aromatic carbocycles. The normalized spacial score (nSPS) is 9.30. The van der Waals surface area contributed by atoms with Crippen molar-refractivity contribution in [3.05, 3.63) is 54.4 Å². The maximum atomic E-state index is 4.94. The second kappa shape index (κ2) is 13.0. The second-order valence-electron chi connectivity index (χ2n) is 5.48. The molecule has 2 heteroatoms. The first-order valence-electron chi connectivity index (χ1n) is 8.68. The van der Waals surface area contributed by atoms with Gasteiger partial charge in [-0.15, -0.1) is 6.42 Å². The highest BCUT2D eigenvalue weighted by Gasteiger charge is 2.10. The van der Waals surface area contributed by atoms with Gasteiger partial charge in [0, 0.05) is 66.4 Å². The van der Waals surface area contributed by atoms with Gasteiger partial charge in [-0.05, 0) is 52.6 Å². The summed E-state index contributed by atoms with van der Waals surface area (Å²) in [6, 6.07) is 11.3. The Bertz CT molecular complexity index is 1300. The third kappa shape index (κ3) is 8.44. The lowest BCUT2D eigenvalue weighted by atomic mass is 10.1. The zero-order valence-corrected chi connectivity index (χ0v) is 16.1. The summed E-state index contributed by atoms with van der Waals surface area (Å²) in [5.74, 6) is 35.2. The Morgan fingerprint density at radius 1 is 0.767 bits per heavy atom. The first kappa shape index (κ1) is 21.1. The minimum absolute atomic E-state index is 0.685. The van der Waals surface area contributed by atoms with Gasteiger partial charge in [-0.2, -0.15) is 0 Å². The van der Waals surface area contributed by atoms with E-state index in [-0.39, 0.29) is 0 Å². The van der Waals surface area contributed by atoms with Crippen LogP contribution in [0.3, 0.4) is 0 Å². The Hall–Kier alpha value is -5.22. The SMILES string of the molecule is C#CC#CC#CC#CC#CC#CC#CC#CN1C=CN(Cc2ccc(C=C)cc2)C1. The number of hydrogen-bond donors (Lipinski definition) is 0. The van der Waals surface area contributed by atoms with E-state index in [9.17, 15) is 0 Å². The highest BCUT2D eigenvalue weighted by Crippen LogP contribution is 2.12. The lowest BCUT2D eigenvalue weighted by molar-refractivity contribution is 0.317. The molecule has 0 saturated heterocycles. The topological polar surface area (TPSA) is 6.48 Å². The van der Waals surface area contributed by atoms with E-state index in [1.807, 2.05) is 23.4 Å². The molecule has 1 aliphatic heterocycles. The van der Waals surface area contributed by atoms with Crippen molar-refractivity contribution in [2.75, 3.05) is 6.67 Å². The molecule has 0 radical (unpaired) electrons. The van der Waals surface area contributed by atoms with E-state index in [1.165, 1.54) is 5.56 Å². The van der Waals surface area contributed by atoms with Crippen LogP contribution in [0, 0.1) is 95.4 Å². The molecule has 1 heterocycles. The number of nitrogens with zero attached hydrogens (tertiary/aromatic N) is 2. The lowest BCUT2D eigenvalue weighted by Crippen LogP contribution is -2.21.